The maximum Gasteiger partial charge on any atom is -0.0414 e. The zero-order valence-corrected chi connectivity index (χ0v) is 8.46. The second kappa shape index (κ2) is 6.97. The number of hydrogen-bond donors (Lipinski definition) is 0. The molecule has 1 saturated carbocycles. The van der Waals surface area contributed by atoms with Gasteiger partial charge in [-0.3, -0.25) is 0 Å². The van der Waals surface area contributed by atoms with Crippen molar-refractivity contribution in [2.45, 2.75) is 58.3 Å². The summed E-state index contributed by atoms with van der Waals surface area (Å²) in [5.74, 6) is 1.11. The molecule has 0 heterocycles. The standard InChI is InChI=1S/C10H20.ClH/c1-2-3-7-10-8-5-4-6-9-10;/h10H,2-9H2,1H3;1H. The lowest BCUT2D eigenvalue weighted by atomic mass is 9.86. The van der Waals surface area contributed by atoms with Crippen molar-refractivity contribution >= 4 is 12.4 Å². The van der Waals surface area contributed by atoms with Crippen LogP contribution in [0.3, 0.4) is 0 Å². The Bertz CT molecular complexity index is 74.9. The van der Waals surface area contributed by atoms with Crippen LogP contribution in [0.15, 0.2) is 0 Å². The summed E-state index contributed by atoms with van der Waals surface area (Å²) in [7, 11) is 0. The molecule has 0 aliphatic heterocycles. The quantitative estimate of drug-likeness (QED) is 0.606. The van der Waals surface area contributed by atoms with Crippen molar-refractivity contribution in [3.63, 3.8) is 0 Å². The van der Waals surface area contributed by atoms with Gasteiger partial charge in [-0.25, -0.2) is 0 Å². The molecule has 1 heteroatoms. The van der Waals surface area contributed by atoms with Gasteiger partial charge in [0.25, 0.3) is 0 Å². The molecule has 0 nitrogen and oxygen atoms in total. The third-order valence-corrected chi connectivity index (χ3v) is 2.69. The topological polar surface area (TPSA) is 0 Å². The zero-order valence-electron chi connectivity index (χ0n) is 7.64. The van der Waals surface area contributed by atoms with E-state index < -0.39 is 0 Å². The second-order valence-electron chi connectivity index (χ2n) is 3.65. The van der Waals surface area contributed by atoms with E-state index in [0.717, 1.165) is 5.92 Å². The van der Waals surface area contributed by atoms with Crippen molar-refractivity contribution in [3.8, 4) is 0 Å². The van der Waals surface area contributed by atoms with Gasteiger partial charge in [0.2, 0.25) is 0 Å². The minimum atomic E-state index is 0. The Balaban J connectivity index is 0.000001000. The fraction of sp³-hybridized carbons (Fsp3) is 1.00. The highest BCUT2D eigenvalue weighted by Gasteiger charge is 2.11. The summed E-state index contributed by atoms with van der Waals surface area (Å²) in [5.41, 5.74) is 0. The van der Waals surface area contributed by atoms with Crippen LogP contribution in [0.2, 0.25) is 0 Å². The largest absolute Gasteiger partial charge is 0.147 e. The van der Waals surface area contributed by atoms with E-state index in [1.165, 1.54) is 51.4 Å². The van der Waals surface area contributed by atoms with Crippen molar-refractivity contribution in [2.75, 3.05) is 0 Å². The molecular formula is C10H21Cl. The van der Waals surface area contributed by atoms with Gasteiger partial charge in [-0.1, -0.05) is 58.3 Å². The Labute approximate surface area is 77.2 Å². The molecule has 0 unspecified atom stereocenters. The average molecular weight is 177 g/mol. The molecule has 0 aromatic rings. The first-order valence-corrected chi connectivity index (χ1v) is 4.93. The SMILES string of the molecule is CCCCC1CCCCC1.Cl. The van der Waals surface area contributed by atoms with Gasteiger partial charge >= 0.3 is 0 Å². The molecule has 1 aliphatic carbocycles. The van der Waals surface area contributed by atoms with Crippen LogP contribution in [-0.2, 0) is 0 Å². The molecule has 1 rings (SSSR count). The van der Waals surface area contributed by atoms with Crippen molar-refractivity contribution in [1.29, 1.82) is 0 Å². The fourth-order valence-electron chi connectivity index (χ4n) is 1.97. The summed E-state index contributed by atoms with van der Waals surface area (Å²) in [4.78, 5) is 0. The molecule has 1 fully saturated rings. The third-order valence-electron chi connectivity index (χ3n) is 2.69. The van der Waals surface area contributed by atoms with E-state index >= 15 is 0 Å². The summed E-state index contributed by atoms with van der Waals surface area (Å²) in [6.07, 6.45) is 11.9. The molecule has 0 saturated heterocycles. The lowest BCUT2D eigenvalue weighted by Crippen LogP contribution is -2.05. The Hall–Kier alpha value is 0.290. The molecule has 0 atom stereocenters. The van der Waals surface area contributed by atoms with Gasteiger partial charge in [-0.15, -0.1) is 12.4 Å². The number of hydrogen-bond acceptors (Lipinski definition) is 0. The van der Waals surface area contributed by atoms with Gasteiger partial charge in [0.1, 0.15) is 0 Å². The third kappa shape index (κ3) is 4.68. The lowest BCUT2D eigenvalue weighted by molar-refractivity contribution is 0.331. The molecule has 68 valence electrons. The van der Waals surface area contributed by atoms with Gasteiger partial charge in [0.05, 0.1) is 0 Å². The van der Waals surface area contributed by atoms with Crippen molar-refractivity contribution in [1.82, 2.24) is 0 Å². The first kappa shape index (κ1) is 11.3. The van der Waals surface area contributed by atoms with E-state index in [4.69, 9.17) is 0 Å². The predicted octanol–water partition coefficient (Wildman–Crippen LogP) is 4.18. The summed E-state index contributed by atoms with van der Waals surface area (Å²) in [6.45, 7) is 2.29. The highest BCUT2D eigenvalue weighted by Crippen LogP contribution is 2.27. The molecular weight excluding hydrogens is 156 g/mol. The first-order valence-electron chi connectivity index (χ1n) is 4.93. The average Bonchev–Trinajstić information content (AvgIpc) is 2.03. The van der Waals surface area contributed by atoms with E-state index in [9.17, 15) is 0 Å². The van der Waals surface area contributed by atoms with Crippen LogP contribution in [0.5, 0.6) is 0 Å². The Kier molecular flexibility index (Phi) is 7.15. The monoisotopic (exact) mass is 176 g/mol. The lowest BCUT2D eigenvalue weighted by Gasteiger charge is -2.20. The van der Waals surface area contributed by atoms with E-state index in [0.29, 0.717) is 0 Å². The number of rotatable bonds is 3. The Morgan fingerprint density at radius 1 is 1.09 bits per heavy atom. The summed E-state index contributed by atoms with van der Waals surface area (Å²) in [5, 5.41) is 0. The van der Waals surface area contributed by atoms with Crippen molar-refractivity contribution in [2.24, 2.45) is 5.92 Å². The first-order chi connectivity index (χ1) is 4.93. The summed E-state index contributed by atoms with van der Waals surface area (Å²) < 4.78 is 0. The minimum Gasteiger partial charge on any atom is -0.147 e. The van der Waals surface area contributed by atoms with Crippen LogP contribution >= 0.6 is 12.4 Å². The minimum absolute atomic E-state index is 0. The summed E-state index contributed by atoms with van der Waals surface area (Å²) in [6, 6.07) is 0. The van der Waals surface area contributed by atoms with Crippen LogP contribution < -0.4 is 0 Å². The Morgan fingerprint density at radius 2 is 1.73 bits per heavy atom. The molecule has 0 bridgehead atoms. The fourth-order valence-corrected chi connectivity index (χ4v) is 1.97. The van der Waals surface area contributed by atoms with Gasteiger partial charge < -0.3 is 0 Å². The van der Waals surface area contributed by atoms with Crippen LogP contribution in [-0.4, -0.2) is 0 Å². The van der Waals surface area contributed by atoms with Gasteiger partial charge in [-0.2, -0.15) is 0 Å². The van der Waals surface area contributed by atoms with Crippen LogP contribution in [0.25, 0.3) is 0 Å². The molecule has 0 aromatic heterocycles. The molecule has 0 amide bonds. The van der Waals surface area contributed by atoms with E-state index in [1.54, 1.807) is 0 Å². The van der Waals surface area contributed by atoms with E-state index in [-0.39, 0.29) is 12.4 Å². The highest BCUT2D eigenvalue weighted by molar-refractivity contribution is 5.85. The number of unbranched alkanes of at least 4 members (excludes halogenated alkanes) is 1. The molecule has 0 N–H and O–H groups in total. The molecule has 0 aromatic carbocycles. The summed E-state index contributed by atoms with van der Waals surface area (Å²) >= 11 is 0. The van der Waals surface area contributed by atoms with Crippen LogP contribution in [0.1, 0.15) is 58.3 Å². The molecule has 0 spiro atoms. The van der Waals surface area contributed by atoms with Gasteiger partial charge in [0, 0.05) is 0 Å². The Morgan fingerprint density at radius 3 is 2.27 bits per heavy atom. The van der Waals surface area contributed by atoms with Crippen LogP contribution in [0, 0.1) is 5.92 Å². The van der Waals surface area contributed by atoms with Gasteiger partial charge in [-0.05, 0) is 5.92 Å². The predicted molar refractivity (Wildman–Crippen MR) is 53.3 cm³/mol. The number of halogens is 1. The van der Waals surface area contributed by atoms with Crippen molar-refractivity contribution in [3.05, 3.63) is 0 Å². The zero-order chi connectivity index (χ0) is 7.23. The van der Waals surface area contributed by atoms with Gasteiger partial charge in [0.15, 0.2) is 0 Å². The second-order valence-corrected chi connectivity index (χ2v) is 3.65. The smallest absolute Gasteiger partial charge is 0.0414 e. The van der Waals surface area contributed by atoms with E-state index in [2.05, 4.69) is 6.92 Å². The molecule has 1 aliphatic rings. The normalized spacial score (nSPS) is 19.4. The van der Waals surface area contributed by atoms with E-state index in [1.807, 2.05) is 0 Å². The maximum atomic E-state index is 2.29. The maximum absolute atomic E-state index is 2.29. The van der Waals surface area contributed by atoms with Crippen molar-refractivity contribution < 1.29 is 0 Å². The van der Waals surface area contributed by atoms with Crippen LogP contribution in [0.4, 0.5) is 0 Å². The molecule has 0 radical (unpaired) electrons. The highest BCUT2D eigenvalue weighted by atomic mass is 35.5. The molecule has 11 heavy (non-hydrogen) atoms.